The van der Waals surface area contributed by atoms with E-state index in [1.165, 1.54) is 19.2 Å². The minimum atomic E-state index is -4.51. The molecule has 1 aromatic carbocycles. The molecule has 164 valence electrons. The molecular weight excluding hydrogens is 504 g/mol. The van der Waals surface area contributed by atoms with Crippen LogP contribution >= 0.6 is 24.0 Å². The molecule has 1 fully saturated rings. The van der Waals surface area contributed by atoms with E-state index in [9.17, 15) is 18.0 Å². The van der Waals surface area contributed by atoms with Crippen molar-refractivity contribution >= 4 is 36.0 Å². The first-order valence-electron chi connectivity index (χ1n) is 8.96. The minimum Gasteiger partial charge on any atom is -0.497 e. The van der Waals surface area contributed by atoms with E-state index < -0.39 is 11.7 Å². The van der Waals surface area contributed by atoms with Crippen LogP contribution in [0.4, 0.5) is 18.0 Å². The van der Waals surface area contributed by atoms with Crippen LogP contribution in [0.25, 0.3) is 0 Å². The number of nitrogens with two attached hydrogens (primary N) is 1. The van der Waals surface area contributed by atoms with Gasteiger partial charge in [0.05, 0.1) is 25.8 Å². The average Bonchev–Trinajstić information content (AvgIpc) is 2.66. The molecule has 0 spiro atoms. The summed E-state index contributed by atoms with van der Waals surface area (Å²) in [6, 6.07) is 3.72. The average molecular weight is 530 g/mol. The number of amides is 1. The first kappa shape index (κ1) is 25.1. The highest BCUT2D eigenvalue weighted by atomic mass is 127. The molecule has 1 aliphatic rings. The number of carbonyl (C=O) groups excluding carboxylic acids is 1. The number of guanidine groups is 1. The summed E-state index contributed by atoms with van der Waals surface area (Å²) >= 11 is 0. The van der Waals surface area contributed by atoms with Gasteiger partial charge in [-0.1, -0.05) is 6.07 Å². The highest BCUT2D eigenvalue weighted by molar-refractivity contribution is 14.0. The normalized spacial score (nSPS) is 15.5. The van der Waals surface area contributed by atoms with E-state index in [1.54, 1.807) is 11.8 Å². The van der Waals surface area contributed by atoms with E-state index in [-0.39, 0.29) is 59.9 Å². The molecule has 3 N–H and O–H groups in total. The van der Waals surface area contributed by atoms with Gasteiger partial charge in [-0.05, 0) is 37.5 Å². The molecule has 0 unspecified atom stereocenters. The largest absolute Gasteiger partial charge is 0.497 e. The smallest absolute Gasteiger partial charge is 0.416 e. The van der Waals surface area contributed by atoms with Crippen molar-refractivity contribution in [2.24, 2.45) is 10.7 Å². The summed E-state index contributed by atoms with van der Waals surface area (Å²) in [5.41, 5.74) is 5.05. The van der Waals surface area contributed by atoms with Crippen LogP contribution in [0.1, 0.15) is 30.9 Å². The van der Waals surface area contributed by atoms with Gasteiger partial charge in [-0.2, -0.15) is 13.2 Å². The van der Waals surface area contributed by atoms with Crippen molar-refractivity contribution in [1.29, 1.82) is 0 Å². The summed E-state index contributed by atoms with van der Waals surface area (Å²) in [4.78, 5) is 17.3. The molecule has 11 heteroatoms. The van der Waals surface area contributed by atoms with Crippen molar-refractivity contribution in [1.82, 2.24) is 10.2 Å². The van der Waals surface area contributed by atoms with E-state index in [1.807, 2.05) is 0 Å². The summed E-state index contributed by atoms with van der Waals surface area (Å²) in [5.74, 6) is 0.193. The van der Waals surface area contributed by atoms with Gasteiger partial charge in [-0.3, -0.25) is 0 Å². The fourth-order valence-corrected chi connectivity index (χ4v) is 2.93. The van der Waals surface area contributed by atoms with Crippen molar-refractivity contribution < 1.29 is 27.4 Å². The Morgan fingerprint density at radius 1 is 1.34 bits per heavy atom. The molecule has 0 saturated carbocycles. The Morgan fingerprint density at radius 2 is 2.00 bits per heavy atom. The maximum atomic E-state index is 13.2. The number of rotatable bonds is 5. The molecule has 0 aliphatic carbocycles. The number of methoxy groups -OCH3 is 1. The van der Waals surface area contributed by atoms with Crippen molar-refractivity contribution in [2.45, 2.75) is 38.5 Å². The fourth-order valence-electron chi connectivity index (χ4n) is 2.93. The van der Waals surface area contributed by atoms with Crippen molar-refractivity contribution in [2.75, 3.05) is 26.8 Å². The second kappa shape index (κ2) is 11.3. The molecule has 0 aromatic heterocycles. The van der Waals surface area contributed by atoms with Crippen LogP contribution < -0.4 is 15.8 Å². The Bertz CT molecular complexity index is 708. The van der Waals surface area contributed by atoms with Crippen LogP contribution in [0.2, 0.25) is 0 Å². The molecular formula is C18H26F3IN4O3. The van der Waals surface area contributed by atoms with E-state index in [2.05, 4.69) is 10.3 Å². The number of piperidine rings is 1. The van der Waals surface area contributed by atoms with Crippen LogP contribution in [-0.2, 0) is 17.5 Å². The van der Waals surface area contributed by atoms with Crippen LogP contribution in [0.5, 0.6) is 5.75 Å². The Balaban J connectivity index is 0.00000420. The van der Waals surface area contributed by atoms with Crippen LogP contribution in [0, 0.1) is 0 Å². The number of nitrogens with one attached hydrogen (secondary N) is 1. The van der Waals surface area contributed by atoms with E-state index in [0.717, 1.165) is 6.07 Å². The lowest BCUT2D eigenvalue weighted by atomic mass is 10.1. The van der Waals surface area contributed by atoms with Crippen LogP contribution in [-0.4, -0.2) is 49.8 Å². The predicted octanol–water partition coefficient (Wildman–Crippen LogP) is 3.36. The van der Waals surface area contributed by atoms with Crippen molar-refractivity contribution in [3.05, 3.63) is 29.3 Å². The Kier molecular flexibility index (Phi) is 9.80. The molecule has 1 aliphatic heterocycles. The zero-order valence-electron chi connectivity index (χ0n) is 16.3. The molecule has 1 amide bonds. The van der Waals surface area contributed by atoms with Gasteiger partial charge in [0.25, 0.3) is 0 Å². The molecule has 29 heavy (non-hydrogen) atoms. The number of alkyl halides is 3. The summed E-state index contributed by atoms with van der Waals surface area (Å²) in [5, 5.41) is 3.00. The maximum absolute atomic E-state index is 13.2. The molecule has 0 bridgehead atoms. The van der Waals surface area contributed by atoms with E-state index >= 15 is 0 Å². The molecule has 7 nitrogen and oxygen atoms in total. The lowest BCUT2D eigenvalue weighted by Gasteiger charge is -2.31. The Hall–Kier alpha value is -1.92. The van der Waals surface area contributed by atoms with Gasteiger partial charge in [0.2, 0.25) is 0 Å². The van der Waals surface area contributed by atoms with Gasteiger partial charge in [-0.25, -0.2) is 9.79 Å². The molecule has 0 atom stereocenters. The van der Waals surface area contributed by atoms with Gasteiger partial charge in [0.15, 0.2) is 5.96 Å². The van der Waals surface area contributed by atoms with Crippen molar-refractivity contribution in [3.63, 3.8) is 0 Å². The second-order valence-electron chi connectivity index (χ2n) is 6.33. The first-order chi connectivity index (χ1) is 13.2. The zero-order valence-corrected chi connectivity index (χ0v) is 18.6. The topological polar surface area (TPSA) is 89.2 Å². The number of nitrogens with zero attached hydrogens (tertiary/aromatic N) is 2. The minimum absolute atomic E-state index is 0. The third-order valence-corrected chi connectivity index (χ3v) is 4.42. The molecule has 1 heterocycles. The van der Waals surface area contributed by atoms with E-state index in [0.29, 0.717) is 32.5 Å². The number of likely N-dealkylation sites (tertiary alicyclic amines) is 1. The zero-order chi connectivity index (χ0) is 20.7. The summed E-state index contributed by atoms with van der Waals surface area (Å²) in [7, 11) is 1.31. The summed E-state index contributed by atoms with van der Waals surface area (Å²) in [6.45, 7) is 2.89. The number of halogens is 4. The number of ether oxygens (including phenoxy) is 2. The molecule has 0 radical (unpaired) electrons. The van der Waals surface area contributed by atoms with Gasteiger partial charge >= 0.3 is 12.3 Å². The van der Waals surface area contributed by atoms with Gasteiger partial charge in [0, 0.05) is 19.1 Å². The standard InChI is InChI=1S/C18H25F3N4O3.HI/c1-3-28-17(26)25-8-6-13(7-9-25)24-16(22)23-11-12-4-5-14(27-2)10-15(12)18(19,20)21;/h4-5,10,13H,3,6-9,11H2,1-2H3,(H3,22,23,24);1H. The number of carbonyl (C=O) groups is 1. The first-order valence-corrected chi connectivity index (χ1v) is 8.96. The number of hydrogen-bond acceptors (Lipinski definition) is 4. The maximum Gasteiger partial charge on any atom is 0.416 e. The SMILES string of the molecule is CCOC(=O)N1CCC(NC(N)=NCc2ccc(OC)cc2C(F)(F)F)CC1.I. The van der Waals surface area contributed by atoms with Crippen LogP contribution in [0.3, 0.4) is 0 Å². The Morgan fingerprint density at radius 3 is 2.55 bits per heavy atom. The van der Waals surface area contributed by atoms with Crippen LogP contribution in [0.15, 0.2) is 23.2 Å². The third-order valence-electron chi connectivity index (χ3n) is 4.42. The Labute approximate surface area is 184 Å². The number of benzene rings is 1. The quantitative estimate of drug-likeness (QED) is 0.347. The number of aliphatic imine (C=N–C) groups is 1. The van der Waals surface area contributed by atoms with Gasteiger partial charge in [0.1, 0.15) is 5.75 Å². The fraction of sp³-hybridized carbons (Fsp3) is 0.556. The van der Waals surface area contributed by atoms with Gasteiger partial charge < -0.3 is 25.4 Å². The molecule has 1 aromatic rings. The molecule has 2 rings (SSSR count). The highest BCUT2D eigenvalue weighted by Gasteiger charge is 2.33. The lowest BCUT2D eigenvalue weighted by molar-refractivity contribution is -0.138. The second-order valence-corrected chi connectivity index (χ2v) is 6.33. The summed E-state index contributed by atoms with van der Waals surface area (Å²) < 4.78 is 49.5. The highest BCUT2D eigenvalue weighted by Crippen LogP contribution is 2.34. The number of hydrogen-bond donors (Lipinski definition) is 2. The predicted molar refractivity (Wildman–Crippen MR) is 113 cm³/mol. The summed E-state index contributed by atoms with van der Waals surface area (Å²) in [6.07, 6.45) is -3.57. The van der Waals surface area contributed by atoms with Gasteiger partial charge in [-0.15, -0.1) is 24.0 Å². The van der Waals surface area contributed by atoms with Crippen molar-refractivity contribution in [3.8, 4) is 5.75 Å². The van der Waals surface area contributed by atoms with E-state index in [4.69, 9.17) is 15.2 Å². The monoisotopic (exact) mass is 530 g/mol. The lowest BCUT2D eigenvalue weighted by Crippen LogP contribution is -2.48. The molecule has 1 saturated heterocycles. The third kappa shape index (κ3) is 7.44.